The Bertz CT molecular complexity index is 588. The molecule has 0 bridgehead atoms. The number of amides is 2. The highest BCUT2D eigenvalue weighted by molar-refractivity contribution is 7.99. The number of thioether (sulfide) groups is 1. The van der Waals surface area contributed by atoms with Gasteiger partial charge in [0.05, 0.1) is 5.69 Å². The lowest BCUT2D eigenvalue weighted by Crippen LogP contribution is -2.41. The van der Waals surface area contributed by atoms with Gasteiger partial charge in [0.2, 0.25) is 5.91 Å². The van der Waals surface area contributed by atoms with Gasteiger partial charge in [0.25, 0.3) is 5.91 Å². The molecule has 2 N–H and O–H groups in total. The minimum atomic E-state index is -0.0370. The predicted octanol–water partition coefficient (Wildman–Crippen LogP) is 3.43. The first-order chi connectivity index (χ1) is 10.6. The van der Waals surface area contributed by atoms with Crippen LogP contribution in [0.2, 0.25) is 0 Å². The lowest BCUT2D eigenvalue weighted by Gasteiger charge is -2.29. The minimum absolute atomic E-state index is 0.0183. The SMILES string of the molecule is CC1CCCCC1NC(=O)c1ccc2c(c1)NC(=O)CCS2. The van der Waals surface area contributed by atoms with E-state index in [-0.39, 0.29) is 17.9 Å². The van der Waals surface area contributed by atoms with E-state index in [1.165, 1.54) is 19.3 Å². The van der Waals surface area contributed by atoms with Gasteiger partial charge in [-0.05, 0) is 37.0 Å². The Hall–Kier alpha value is -1.49. The lowest BCUT2D eigenvalue weighted by atomic mass is 9.86. The summed E-state index contributed by atoms with van der Waals surface area (Å²) in [7, 11) is 0. The molecule has 1 fully saturated rings. The average molecular weight is 318 g/mol. The third-order valence-corrected chi connectivity index (χ3v) is 5.61. The van der Waals surface area contributed by atoms with Crippen LogP contribution in [-0.4, -0.2) is 23.6 Å². The number of hydrogen-bond acceptors (Lipinski definition) is 3. The largest absolute Gasteiger partial charge is 0.349 e. The summed E-state index contributed by atoms with van der Waals surface area (Å²) in [5, 5.41) is 6.05. The maximum atomic E-state index is 12.5. The molecule has 118 valence electrons. The Kier molecular flexibility index (Phi) is 4.71. The molecule has 2 aliphatic rings. The molecule has 1 aliphatic heterocycles. The van der Waals surface area contributed by atoms with E-state index < -0.39 is 0 Å². The highest BCUT2D eigenvalue weighted by Gasteiger charge is 2.24. The zero-order valence-electron chi connectivity index (χ0n) is 12.9. The summed E-state index contributed by atoms with van der Waals surface area (Å²) in [5.41, 5.74) is 1.39. The Morgan fingerprint density at radius 1 is 1.32 bits per heavy atom. The molecule has 3 rings (SSSR count). The first-order valence-corrected chi connectivity index (χ1v) is 8.99. The fourth-order valence-corrected chi connectivity index (χ4v) is 4.08. The van der Waals surface area contributed by atoms with E-state index in [2.05, 4.69) is 17.6 Å². The van der Waals surface area contributed by atoms with Crippen molar-refractivity contribution in [2.75, 3.05) is 11.1 Å². The summed E-state index contributed by atoms with van der Waals surface area (Å²) in [6.45, 7) is 2.21. The zero-order chi connectivity index (χ0) is 15.5. The second kappa shape index (κ2) is 6.73. The number of carbonyl (C=O) groups excluding carboxylic acids is 2. The van der Waals surface area contributed by atoms with E-state index in [0.717, 1.165) is 22.8 Å². The number of hydrogen-bond donors (Lipinski definition) is 2. The minimum Gasteiger partial charge on any atom is -0.349 e. The average Bonchev–Trinajstić information content (AvgIpc) is 2.69. The van der Waals surface area contributed by atoms with Gasteiger partial charge in [-0.3, -0.25) is 9.59 Å². The van der Waals surface area contributed by atoms with E-state index in [4.69, 9.17) is 0 Å². The van der Waals surface area contributed by atoms with Crippen molar-refractivity contribution >= 4 is 29.3 Å². The van der Waals surface area contributed by atoms with Gasteiger partial charge in [-0.25, -0.2) is 0 Å². The first-order valence-electron chi connectivity index (χ1n) is 8.01. The molecule has 1 saturated carbocycles. The quantitative estimate of drug-likeness (QED) is 0.878. The lowest BCUT2D eigenvalue weighted by molar-refractivity contribution is -0.115. The Morgan fingerprint density at radius 3 is 2.95 bits per heavy atom. The van der Waals surface area contributed by atoms with Crippen LogP contribution in [0.3, 0.4) is 0 Å². The Morgan fingerprint density at radius 2 is 2.14 bits per heavy atom. The maximum Gasteiger partial charge on any atom is 0.251 e. The van der Waals surface area contributed by atoms with Crippen LogP contribution in [0.1, 0.15) is 49.4 Å². The normalized spacial score (nSPS) is 24.9. The molecule has 0 radical (unpaired) electrons. The summed E-state index contributed by atoms with van der Waals surface area (Å²) in [6, 6.07) is 5.86. The van der Waals surface area contributed by atoms with E-state index >= 15 is 0 Å². The van der Waals surface area contributed by atoms with Crippen molar-refractivity contribution in [3.05, 3.63) is 23.8 Å². The number of carbonyl (C=O) groups is 2. The molecule has 1 aromatic rings. The van der Waals surface area contributed by atoms with Crippen molar-refractivity contribution < 1.29 is 9.59 Å². The van der Waals surface area contributed by atoms with Crippen LogP contribution in [0.5, 0.6) is 0 Å². The van der Waals surface area contributed by atoms with Gasteiger partial charge in [0.15, 0.2) is 0 Å². The zero-order valence-corrected chi connectivity index (χ0v) is 13.7. The molecule has 1 aliphatic carbocycles. The summed E-state index contributed by atoms with van der Waals surface area (Å²) in [4.78, 5) is 25.2. The van der Waals surface area contributed by atoms with Crippen molar-refractivity contribution in [3.8, 4) is 0 Å². The van der Waals surface area contributed by atoms with E-state index in [9.17, 15) is 9.59 Å². The number of anilines is 1. The standard InChI is InChI=1S/C17H22N2O2S/c1-11-4-2-3-5-13(11)19-17(21)12-6-7-15-14(10-12)18-16(20)8-9-22-15/h6-7,10-11,13H,2-5,8-9H2,1H3,(H,18,20)(H,19,21). The topological polar surface area (TPSA) is 58.2 Å². The fraction of sp³-hybridized carbons (Fsp3) is 0.529. The monoisotopic (exact) mass is 318 g/mol. The fourth-order valence-electron chi connectivity index (χ4n) is 3.14. The van der Waals surface area contributed by atoms with Crippen molar-refractivity contribution in [1.82, 2.24) is 5.32 Å². The first kappa shape index (κ1) is 15.4. The van der Waals surface area contributed by atoms with Crippen molar-refractivity contribution in [3.63, 3.8) is 0 Å². The van der Waals surface area contributed by atoms with Gasteiger partial charge >= 0.3 is 0 Å². The second-order valence-electron chi connectivity index (χ2n) is 6.20. The highest BCUT2D eigenvalue weighted by Crippen LogP contribution is 2.31. The smallest absolute Gasteiger partial charge is 0.251 e. The van der Waals surface area contributed by atoms with Gasteiger partial charge in [-0.1, -0.05) is 19.8 Å². The molecular formula is C17H22N2O2S. The van der Waals surface area contributed by atoms with E-state index in [0.29, 0.717) is 17.9 Å². The van der Waals surface area contributed by atoms with Crippen molar-refractivity contribution in [2.24, 2.45) is 5.92 Å². The number of nitrogens with one attached hydrogen (secondary N) is 2. The predicted molar refractivity (Wildman–Crippen MR) is 89.3 cm³/mol. The van der Waals surface area contributed by atoms with Crippen LogP contribution in [-0.2, 0) is 4.79 Å². The van der Waals surface area contributed by atoms with Crippen molar-refractivity contribution in [2.45, 2.75) is 50.0 Å². The van der Waals surface area contributed by atoms with Crippen molar-refractivity contribution in [1.29, 1.82) is 0 Å². The Labute approximate surface area is 135 Å². The molecule has 2 amide bonds. The van der Waals surface area contributed by atoms with E-state index in [1.54, 1.807) is 17.8 Å². The molecule has 4 nitrogen and oxygen atoms in total. The molecule has 22 heavy (non-hydrogen) atoms. The number of fused-ring (bicyclic) bond motifs is 1. The number of rotatable bonds is 2. The second-order valence-corrected chi connectivity index (χ2v) is 7.34. The van der Waals surface area contributed by atoms with Gasteiger partial charge in [-0.2, -0.15) is 0 Å². The van der Waals surface area contributed by atoms with Crippen LogP contribution >= 0.6 is 11.8 Å². The van der Waals surface area contributed by atoms with Crippen LogP contribution < -0.4 is 10.6 Å². The molecule has 2 atom stereocenters. The molecule has 5 heteroatoms. The molecule has 0 saturated heterocycles. The number of benzene rings is 1. The van der Waals surface area contributed by atoms with Gasteiger partial charge in [-0.15, -0.1) is 11.8 Å². The van der Waals surface area contributed by atoms with Gasteiger partial charge < -0.3 is 10.6 Å². The van der Waals surface area contributed by atoms with E-state index in [1.807, 2.05) is 12.1 Å². The third kappa shape index (κ3) is 3.46. The summed E-state index contributed by atoms with van der Waals surface area (Å²) in [5.74, 6) is 1.30. The molecule has 1 aromatic carbocycles. The van der Waals surface area contributed by atoms with Crippen LogP contribution in [0.4, 0.5) is 5.69 Å². The molecule has 0 spiro atoms. The van der Waals surface area contributed by atoms with Crippen LogP contribution in [0.25, 0.3) is 0 Å². The van der Waals surface area contributed by atoms with Gasteiger partial charge in [0, 0.05) is 28.7 Å². The third-order valence-electron chi connectivity index (χ3n) is 4.53. The molecule has 2 unspecified atom stereocenters. The Balaban J connectivity index is 1.74. The van der Waals surface area contributed by atoms with Crippen LogP contribution in [0.15, 0.2) is 23.1 Å². The van der Waals surface area contributed by atoms with Crippen LogP contribution in [0, 0.1) is 5.92 Å². The molecule has 0 aromatic heterocycles. The summed E-state index contributed by atoms with van der Waals surface area (Å²) >= 11 is 1.65. The maximum absolute atomic E-state index is 12.5. The molecular weight excluding hydrogens is 296 g/mol. The molecule has 1 heterocycles. The van der Waals surface area contributed by atoms with Gasteiger partial charge in [0.1, 0.15) is 0 Å². The summed E-state index contributed by atoms with van der Waals surface area (Å²) < 4.78 is 0. The highest BCUT2D eigenvalue weighted by atomic mass is 32.2. The summed E-state index contributed by atoms with van der Waals surface area (Å²) in [6.07, 6.45) is 5.20.